The van der Waals surface area contributed by atoms with Crippen LogP contribution in [-0.4, -0.2) is 53.2 Å². The molecule has 28 heavy (non-hydrogen) atoms. The largest absolute Gasteiger partial charge is 0.373 e. The highest BCUT2D eigenvalue weighted by Gasteiger charge is 2.33. The van der Waals surface area contributed by atoms with Crippen LogP contribution in [0.3, 0.4) is 0 Å². The molecule has 1 fully saturated rings. The van der Waals surface area contributed by atoms with Crippen molar-refractivity contribution in [2.75, 3.05) is 19.6 Å². The van der Waals surface area contributed by atoms with Crippen molar-refractivity contribution >= 4 is 17.2 Å². The van der Waals surface area contributed by atoms with E-state index >= 15 is 0 Å². The molecule has 0 spiro atoms. The van der Waals surface area contributed by atoms with Crippen LogP contribution in [0.25, 0.3) is 10.6 Å². The lowest BCUT2D eigenvalue weighted by Crippen LogP contribution is -2.58. The van der Waals surface area contributed by atoms with Crippen LogP contribution < -0.4 is 5.32 Å². The Bertz CT molecular complexity index is 808. The van der Waals surface area contributed by atoms with E-state index in [2.05, 4.69) is 68.0 Å². The number of carbonyl (C=O) groups is 1. The Morgan fingerprint density at radius 1 is 1.32 bits per heavy atom. The van der Waals surface area contributed by atoms with Crippen LogP contribution in [0.4, 0.5) is 0 Å². The van der Waals surface area contributed by atoms with Gasteiger partial charge in [0.15, 0.2) is 0 Å². The van der Waals surface area contributed by atoms with Crippen molar-refractivity contribution in [3.8, 4) is 10.6 Å². The number of aromatic nitrogens is 1. The molecular formula is C22H31N3O2S. The lowest BCUT2D eigenvalue weighted by molar-refractivity contribution is -0.122. The summed E-state index contributed by atoms with van der Waals surface area (Å²) in [5, 5.41) is 6.04. The summed E-state index contributed by atoms with van der Waals surface area (Å²) < 4.78 is 5.83. The minimum Gasteiger partial charge on any atom is -0.373 e. The third kappa shape index (κ3) is 5.40. The Morgan fingerprint density at radius 3 is 2.71 bits per heavy atom. The van der Waals surface area contributed by atoms with E-state index in [0.717, 1.165) is 29.4 Å². The number of nitrogens with one attached hydrogen (secondary N) is 1. The van der Waals surface area contributed by atoms with Gasteiger partial charge in [0.2, 0.25) is 5.91 Å². The van der Waals surface area contributed by atoms with Gasteiger partial charge in [-0.3, -0.25) is 9.69 Å². The molecule has 6 heteroatoms. The van der Waals surface area contributed by atoms with Crippen molar-refractivity contribution in [3.05, 3.63) is 40.9 Å². The van der Waals surface area contributed by atoms with Crippen LogP contribution in [0.1, 0.15) is 39.0 Å². The van der Waals surface area contributed by atoms with Crippen molar-refractivity contribution in [1.82, 2.24) is 15.2 Å². The second-order valence-electron chi connectivity index (χ2n) is 8.44. The van der Waals surface area contributed by atoms with Gasteiger partial charge in [0.25, 0.3) is 0 Å². The number of amides is 1. The second-order valence-corrected chi connectivity index (χ2v) is 9.30. The number of ether oxygens (including phenoxy) is 1. The summed E-state index contributed by atoms with van der Waals surface area (Å²) in [4.78, 5) is 19.5. The highest BCUT2D eigenvalue weighted by molar-refractivity contribution is 7.13. The van der Waals surface area contributed by atoms with Gasteiger partial charge in [-0.1, -0.05) is 23.8 Å². The Balaban J connectivity index is 1.54. The molecule has 5 nitrogen and oxygen atoms in total. The number of hydrogen-bond donors (Lipinski definition) is 1. The van der Waals surface area contributed by atoms with E-state index in [4.69, 9.17) is 4.74 Å². The predicted molar refractivity (Wildman–Crippen MR) is 115 cm³/mol. The average Bonchev–Trinajstić information content (AvgIpc) is 3.08. The van der Waals surface area contributed by atoms with Gasteiger partial charge in [0.1, 0.15) is 5.01 Å². The van der Waals surface area contributed by atoms with Crippen LogP contribution in [0.15, 0.2) is 29.6 Å². The van der Waals surface area contributed by atoms with E-state index < -0.39 is 0 Å². The Morgan fingerprint density at radius 2 is 2.04 bits per heavy atom. The molecule has 3 rings (SSSR count). The van der Waals surface area contributed by atoms with Gasteiger partial charge < -0.3 is 10.1 Å². The summed E-state index contributed by atoms with van der Waals surface area (Å²) in [6, 6.07) is 8.29. The van der Waals surface area contributed by atoms with E-state index in [1.54, 1.807) is 11.3 Å². The molecule has 2 aromatic rings. The van der Waals surface area contributed by atoms with Gasteiger partial charge in [0, 0.05) is 36.1 Å². The number of carbonyl (C=O) groups excluding carboxylic acids is 1. The summed E-state index contributed by atoms with van der Waals surface area (Å²) in [6.07, 6.45) is 0.747. The monoisotopic (exact) mass is 401 g/mol. The lowest BCUT2D eigenvalue weighted by atomic mass is 10.00. The highest BCUT2D eigenvalue weighted by Crippen LogP contribution is 2.25. The van der Waals surface area contributed by atoms with Gasteiger partial charge in [-0.25, -0.2) is 4.98 Å². The molecule has 2 heterocycles. The molecule has 0 bridgehead atoms. The average molecular weight is 402 g/mol. The standard InChI is InChI=1S/C22H31N3O2S/c1-15-7-6-8-18(9-15)21-24-19(13-28-21)10-20(26)23-14-22(4,5)25-11-16(2)27-17(3)12-25/h6-9,13,16-17H,10-12,14H2,1-5H3,(H,23,26). The maximum atomic E-state index is 12.5. The molecule has 152 valence electrons. The smallest absolute Gasteiger partial charge is 0.226 e. The van der Waals surface area contributed by atoms with E-state index in [9.17, 15) is 4.79 Å². The highest BCUT2D eigenvalue weighted by atomic mass is 32.1. The van der Waals surface area contributed by atoms with Crippen molar-refractivity contribution in [1.29, 1.82) is 0 Å². The molecule has 2 unspecified atom stereocenters. The Kier molecular flexibility index (Phi) is 6.53. The fourth-order valence-electron chi connectivity index (χ4n) is 3.62. The van der Waals surface area contributed by atoms with Crippen molar-refractivity contribution in [2.24, 2.45) is 0 Å². The zero-order chi connectivity index (χ0) is 20.3. The maximum absolute atomic E-state index is 12.5. The Labute approximate surface area is 172 Å². The van der Waals surface area contributed by atoms with E-state index in [-0.39, 0.29) is 23.7 Å². The third-order valence-corrected chi connectivity index (χ3v) is 6.09. The fourth-order valence-corrected chi connectivity index (χ4v) is 4.44. The van der Waals surface area contributed by atoms with E-state index in [0.29, 0.717) is 13.0 Å². The van der Waals surface area contributed by atoms with Crippen LogP contribution in [-0.2, 0) is 16.0 Å². The minimum atomic E-state index is -0.114. The molecule has 1 aromatic carbocycles. The van der Waals surface area contributed by atoms with Gasteiger partial charge in [-0.15, -0.1) is 11.3 Å². The molecular weight excluding hydrogens is 370 g/mol. The van der Waals surface area contributed by atoms with Crippen LogP contribution in [0.2, 0.25) is 0 Å². The number of aryl methyl sites for hydroxylation is 1. The van der Waals surface area contributed by atoms with Gasteiger partial charge in [-0.05, 0) is 40.7 Å². The zero-order valence-electron chi connectivity index (χ0n) is 17.5. The molecule has 2 atom stereocenters. The first-order valence-corrected chi connectivity index (χ1v) is 10.8. The quantitative estimate of drug-likeness (QED) is 0.803. The van der Waals surface area contributed by atoms with Crippen LogP contribution in [0, 0.1) is 6.92 Å². The molecule has 0 aliphatic carbocycles. The van der Waals surface area contributed by atoms with Gasteiger partial charge in [-0.2, -0.15) is 0 Å². The molecule has 1 aromatic heterocycles. The SMILES string of the molecule is Cc1cccc(-c2nc(CC(=O)NCC(C)(C)N3CC(C)OC(C)C3)cs2)c1. The van der Waals surface area contributed by atoms with Crippen molar-refractivity contribution in [3.63, 3.8) is 0 Å². The topological polar surface area (TPSA) is 54.5 Å². The second kappa shape index (κ2) is 8.72. The van der Waals surface area contributed by atoms with Gasteiger partial charge >= 0.3 is 0 Å². The molecule has 1 saturated heterocycles. The first kappa shape index (κ1) is 21.0. The van der Waals surface area contributed by atoms with Crippen LogP contribution >= 0.6 is 11.3 Å². The number of hydrogen-bond acceptors (Lipinski definition) is 5. The predicted octanol–water partition coefficient (Wildman–Crippen LogP) is 3.67. The molecule has 0 radical (unpaired) electrons. The van der Waals surface area contributed by atoms with Crippen molar-refractivity contribution < 1.29 is 9.53 Å². The minimum absolute atomic E-state index is 0.0172. The number of rotatable bonds is 6. The van der Waals surface area contributed by atoms with E-state index in [1.807, 2.05) is 11.4 Å². The van der Waals surface area contributed by atoms with Crippen LogP contribution in [0.5, 0.6) is 0 Å². The fraction of sp³-hybridized carbons (Fsp3) is 0.545. The molecule has 1 amide bonds. The molecule has 0 saturated carbocycles. The molecule has 1 aliphatic heterocycles. The number of benzene rings is 1. The third-order valence-electron chi connectivity index (χ3n) is 5.15. The molecule has 1 N–H and O–H groups in total. The van der Waals surface area contributed by atoms with Crippen molar-refractivity contribution in [2.45, 2.75) is 58.8 Å². The summed E-state index contributed by atoms with van der Waals surface area (Å²) >= 11 is 1.59. The Hall–Kier alpha value is -1.76. The number of thiazole rings is 1. The zero-order valence-corrected chi connectivity index (χ0v) is 18.3. The molecule has 1 aliphatic rings. The number of nitrogens with zero attached hydrogens (tertiary/aromatic N) is 2. The summed E-state index contributed by atoms with van der Waals surface area (Å²) in [7, 11) is 0. The normalized spacial score (nSPS) is 20.9. The summed E-state index contributed by atoms with van der Waals surface area (Å²) in [5.74, 6) is 0.0172. The summed E-state index contributed by atoms with van der Waals surface area (Å²) in [5.41, 5.74) is 3.02. The maximum Gasteiger partial charge on any atom is 0.226 e. The number of morpholine rings is 1. The lowest BCUT2D eigenvalue weighted by Gasteiger charge is -2.45. The first-order valence-electron chi connectivity index (χ1n) is 9.91. The summed E-state index contributed by atoms with van der Waals surface area (Å²) in [6.45, 7) is 13.0. The van der Waals surface area contributed by atoms with Gasteiger partial charge in [0.05, 0.1) is 24.3 Å². The first-order chi connectivity index (χ1) is 13.2. The van der Waals surface area contributed by atoms with E-state index in [1.165, 1.54) is 5.56 Å².